The Morgan fingerprint density at radius 1 is 1.00 bits per heavy atom. The minimum absolute atomic E-state index is 1.05. The Morgan fingerprint density at radius 3 is 1.17 bits per heavy atom. The van der Waals surface area contributed by atoms with E-state index in [0.717, 1.165) is 10.7 Å². The number of halogens is 2. The summed E-state index contributed by atoms with van der Waals surface area (Å²) in [6.07, 6.45) is 0. The molecule has 0 saturated heterocycles. The van der Waals surface area contributed by atoms with Crippen LogP contribution in [0.4, 0.5) is 0 Å². The summed E-state index contributed by atoms with van der Waals surface area (Å²) < 4.78 is 0. The van der Waals surface area contributed by atoms with Gasteiger partial charge in [-0.15, -0.1) is 0 Å². The molecule has 6 heavy (non-hydrogen) atoms. The molecule has 0 spiro atoms. The maximum atomic E-state index is 3.20. The van der Waals surface area contributed by atoms with E-state index in [1.165, 1.54) is 0 Å². The SMILES string of the molecule is BrCCBr.CC. The normalized spacial score (nSPS) is 6.00. The Balaban J connectivity index is 0. The summed E-state index contributed by atoms with van der Waals surface area (Å²) in [6.45, 7) is 4.00. The lowest BCUT2D eigenvalue weighted by molar-refractivity contribution is 1.50. The smallest absolute Gasteiger partial charge is 0.0129 e. The molecule has 0 nitrogen and oxygen atoms in total. The van der Waals surface area contributed by atoms with Gasteiger partial charge in [-0.1, -0.05) is 45.7 Å². The average Bonchev–Trinajstić information content (AvgIpc) is 1.72. The first-order valence-corrected chi connectivity index (χ1v) is 4.28. The van der Waals surface area contributed by atoms with E-state index in [1.807, 2.05) is 13.8 Å². The van der Waals surface area contributed by atoms with Crippen LogP contribution in [-0.4, -0.2) is 10.7 Å². The first-order chi connectivity index (χ1) is 2.91. The number of hydrogen-bond donors (Lipinski definition) is 0. The van der Waals surface area contributed by atoms with E-state index in [1.54, 1.807) is 0 Å². The van der Waals surface area contributed by atoms with Gasteiger partial charge in [-0.2, -0.15) is 0 Å². The van der Waals surface area contributed by atoms with Gasteiger partial charge < -0.3 is 0 Å². The van der Waals surface area contributed by atoms with E-state index in [0.29, 0.717) is 0 Å². The van der Waals surface area contributed by atoms with E-state index in [4.69, 9.17) is 0 Å². The maximum Gasteiger partial charge on any atom is 0.0129 e. The Hall–Kier alpha value is 0.960. The number of rotatable bonds is 1. The lowest BCUT2D eigenvalue weighted by Gasteiger charge is -1.63. The summed E-state index contributed by atoms with van der Waals surface area (Å²) in [6, 6.07) is 0. The van der Waals surface area contributed by atoms with Crippen LogP contribution in [0.3, 0.4) is 0 Å². The summed E-state index contributed by atoms with van der Waals surface area (Å²) >= 11 is 6.40. The van der Waals surface area contributed by atoms with E-state index in [9.17, 15) is 0 Å². The van der Waals surface area contributed by atoms with Crippen molar-refractivity contribution < 1.29 is 0 Å². The van der Waals surface area contributed by atoms with Gasteiger partial charge in [0.15, 0.2) is 0 Å². The zero-order valence-electron chi connectivity index (χ0n) is 4.17. The fourth-order valence-corrected chi connectivity index (χ4v) is 0. The minimum Gasteiger partial charge on any atom is -0.0919 e. The van der Waals surface area contributed by atoms with Crippen LogP contribution in [0.2, 0.25) is 0 Å². The Labute approximate surface area is 56.6 Å². The standard InChI is InChI=1S/C2H4Br2.C2H6/c3-1-2-4;1-2/h1-2H2;1-2H3. The van der Waals surface area contributed by atoms with Crippen molar-refractivity contribution in [2.75, 3.05) is 10.7 Å². The Bertz CT molecular complexity index is 7.51. The lowest BCUT2D eigenvalue weighted by Crippen LogP contribution is -1.61. The van der Waals surface area contributed by atoms with Crippen molar-refractivity contribution in [3.63, 3.8) is 0 Å². The first-order valence-electron chi connectivity index (χ1n) is 2.03. The van der Waals surface area contributed by atoms with Gasteiger partial charge in [0.2, 0.25) is 0 Å². The largest absolute Gasteiger partial charge is 0.0919 e. The second-order valence-electron chi connectivity index (χ2n) is 0.378. The zero-order valence-corrected chi connectivity index (χ0v) is 7.34. The van der Waals surface area contributed by atoms with Gasteiger partial charge in [0, 0.05) is 10.7 Å². The van der Waals surface area contributed by atoms with Crippen LogP contribution in [0.1, 0.15) is 13.8 Å². The van der Waals surface area contributed by atoms with Crippen molar-refractivity contribution in [1.29, 1.82) is 0 Å². The fourth-order valence-electron chi connectivity index (χ4n) is 0. The third-order valence-corrected chi connectivity index (χ3v) is 1.93. The van der Waals surface area contributed by atoms with Gasteiger partial charge in [0.05, 0.1) is 0 Å². The van der Waals surface area contributed by atoms with Crippen LogP contribution < -0.4 is 0 Å². The molecule has 40 valence electrons. The Morgan fingerprint density at radius 2 is 1.17 bits per heavy atom. The lowest BCUT2D eigenvalue weighted by atomic mass is 11.0. The van der Waals surface area contributed by atoms with Crippen molar-refractivity contribution in [1.82, 2.24) is 0 Å². The van der Waals surface area contributed by atoms with E-state index >= 15 is 0 Å². The fraction of sp³-hybridized carbons (Fsp3) is 1.00. The molecule has 0 aliphatic rings. The second-order valence-corrected chi connectivity index (χ2v) is 1.96. The number of hydrogen-bond acceptors (Lipinski definition) is 0. The van der Waals surface area contributed by atoms with Crippen molar-refractivity contribution in [3.8, 4) is 0 Å². The molecule has 0 N–H and O–H groups in total. The molecule has 0 bridgehead atoms. The minimum atomic E-state index is 1.05. The van der Waals surface area contributed by atoms with Crippen LogP contribution in [0, 0.1) is 0 Å². The maximum absolute atomic E-state index is 3.20. The van der Waals surface area contributed by atoms with Crippen LogP contribution >= 0.6 is 31.9 Å². The zero-order chi connectivity index (χ0) is 5.41. The van der Waals surface area contributed by atoms with Crippen molar-refractivity contribution in [2.24, 2.45) is 0 Å². The average molecular weight is 218 g/mol. The molecule has 0 unspecified atom stereocenters. The van der Waals surface area contributed by atoms with Gasteiger partial charge in [-0.25, -0.2) is 0 Å². The summed E-state index contributed by atoms with van der Waals surface area (Å²) in [5.41, 5.74) is 0. The second kappa shape index (κ2) is 16.7. The molecular formula is C4H10Br2. The third-order valence-electron chi connectivity index (χ3n) is 0.0714. The molecule has 0 saturated carbocycles. The van der Waals surface area contributed by atoms with Gasteiger partial charge in [0.1, 0.15) is 0 Å². The summed E-state index contributed by atoms with van der Waals surface area (Å²) in [4.78, 5) is 0. The molecule has 0 aromatic carbocycles. The topological polar surface area (TPSA) is 0 Å². The summed E-state index contributed by atoms with van der Waals surface area (Å²) in [5, 5.41) is 2.10. The van der Waals surface area contributed by atoms with E-state index < -0.39 is 0 Å². The van der Waals surface area contributed by atoms with Gasteiger partial charge in [0.25, 0.3) is 0 Å². The summed E-state index contributed by atoms with van der Waals surface area (Å²) in [5.74, 6) is 0. The molecule has 2 heteroatoms. The molecular weight excluding hydrogens is 208 g/mol. The predicted molar refractivity (Wildman–Crippen MR) is 38.9 cm³/mol. The summed E-state index contributed by atoms with van der Waals surface area (Å²) in [7, 11) is 0. The first kappa shape index (κ1) is 10.0. The van der Waals surface area contributed by atoms with Crippen molar-refractivity contribution in [3.05, 3.63) is 0 Å². The molecule has 0 heterocycles. The van der Waals surface area contributed by atoms with Crippen LogP contribution in [0.15, 0.2) is 0 Å². The highest BCUT2D eigenvalue weighted by molar-refractivity contribution is 9.11. The van der Waals surface area contributed by atoms with Crippen molar-refractivity contribution >= 4 is 31.9 Å². The van der Waals surface area contributed by atoms with Gasteiger partial charge in [-0.05, 0) is 0 Å². The molecule has 0 aliphatic heterocycles. The van der Waals surface area contributed by atoms with Crippen LogP contribution in [0.5, 0.6) is 0 Å². The molecule has 0 radical (unpaired) electrons. The molecule has 0 aromatic heterocycles. The van der Waals surface area contributed by atoms with Gasteiger partial charge in [-0.3, -0.25) is 0 Å². The highest BCUT2D eigenvalue weighted by Crippen LogP contribution is 1.82. The van der Waals surface area contributed by atoms with E-state index in [2.05, 4.69) is 31.9 Å². The highest BCUT2D eigenvalue weighted by Gasteiger charge is 1.60. The monoisotopic (exact) mass is 216 g/mol. The Kier molecular flexibility index (Phi) is 28.0. The van der Waals surface area contributed by atoms with Crippen LogP contribution in [0.25, 0.3) is 0 Å². The number of alkyl halides is 2. The van der Waals surface area contributed by atoms with E-state index in [-0.39, 0.29) is 0 Å². The molecule has 0 amide bonds. The molecule has 0 aliphatic carbocycles. The molecule has 0 atom stereocenters. The van der Waals surface area contributed by atoms with Gasteiger partial charge >= 0.3 is 0 Å². The molecule has 0 aromatic rings. The highest BCUT2D eigenvalue weighted by atomic mass is 79.9. The predicted octanol–water partition coefficient (Wildman–Crippen LogP) is 2.80. The van der Waals surface area contributed by atoms with Crippen LogP contribution in [-0.2, 0) is 0 Å². The molecule has 0 rings (SSSR count). The quantitative estimate of drug-likeness (QED) is 0.593. The third kappa shape index (κ3) is 20.2. The van der Waals surface area contributed by atoms with Crippen molar-refractivity contribution in [2.45, 2.75) is 13.8 Å². The molecule has 0 fully saturated rings.